The van der Waals surface area contributed by atoms with Gasteiger partial charge in [-0.3, -0.25) is 14.0 Å². The molecule has 0 aromatic carbocycles. The number of methoxy groups -OCH3 is 1. The van der Waals surface area contributed by atoms with Gasteiger partial charge in [-0.05, 0) is 31.7 Å². The Balaban J connectivity index is 1.41. The van der Waals surface area contributed by atoms with Crippen LogP contribution < -0.4 is 10.4 Å². The number of nitrogens with one attached hydrogen (secondary N) is 1. The monoisotopic (exact) mass is 406 g/mol. The van der Waals surface area contributed by atoms with E-state index in [4.69, 9.17) is 15.8 Å². The van der Waals surface area contributed by atoms with E-state index in [2.05, 4.69) is 20.1 Å². The minimum absolute atomic E-state index is 0.217. The van der Waals surface area contributed by atoms with E-state index >= 15 is 0 Å². The number of imidazole rings is 1. The van der Waals surface area contributed by atoms with Crippen molar-refractivity contribution in [2.24, 2.45) is 10.4 Å². The van der Waals surface area contributed by atoms with Crippen molar-refractivity contribution in [2.75, 3.05) is 20.3 Å². The number of H-pyrrole nitrogens is 1. The van der Waals surface area contributed by atoms with Crippen LogP contribution in [0, 0.1) is 5.41 Å². The molecule has 1 saturated carbocycles. The molecule has 2 fully saturated rings. The normalized spacial score (nSPS) is 20.0. The molecular weight excluding hydrogens is 382 g/mol. The molecule has 30 heavy (non-hydrogen) atoms. The highest BCUT2D eigenvalue weighted by molar-refractivity contribution is 5.83. The SMILES string of the molecule is [2H]c1cc(-c2cnc3nccn3c2)c2c(OC)nc(=NC3CCC4(CC3)COC4)[nH]n12. The van der Waals surface area contributed by atoms with Gasteiger partial charge < -0.3 is 9.47 Å². The van der Waals surface area contributed by atoms with Gasteiger partial charge in [-0.15, -0.1) is 0 Å². The zero-order chi connectivity index (χ0) is 21.0. The molecule has 0 radical (unpaired) electrons. The molecular formula is C21H23N7O2. The van der Waals surface area contributed by atoms with Crippen molar-refractivity contribution in [3.8, 4) is 17.0 Å². The van der Waals surface area contributed by atoms with E-state index in [1.807, 2.05) is 16.8 Å². The quantitative estimate of drug-likeness (QED) is 0.563. The zero-order valence-corrected chi connectivity index (χ0v) is 16.7. The summed E-state index contributed by atoms with van der Waals surface area (Å²) in [5.74, 6) is 1.05. The molecule has 5 heterocycles. The maximum atomic E-state index is 8.49. The molecule has 1 N–H and O–H groups in total. The highest BCUT2D eigenvalue weighted by Gasteiger charge is 2.41. The van der Waals surface area contributed by atoms with Gasteiger partial charge in [-0.1, -0.05) is 0 Å². The Labute approximate surface area is 173 Å². The smallest absolute Gasteiger partial charge is 0.243 e. The van der Waals surface area contributed by atoms with Crippen LogP contribution in [0.4, 0.5) is 0 Å². The highest BCUT2D eigenvalue weighted by atomic mass is 16.5. The molecule has 0 unspecified atom stereocenters. The van der Waals surface area contributed by atoms with Crippen LogP contribution in [0.5, 0.6) is 5.88 Å². The number of hydrogen-bond acceptors (Lipinski definition) is 6. The van der Waals surface area contributed by atoms with E-state index in [0.717, 1.165) is 50.0 Å². The summed E-state index contributed by atoms with van der Waals surface area (Å²) in [6, 6.07) is 2.00. The maximum absolute atomic E-state index is 8.49. The molecule has 4 aromatic heterocycles. The molecule has 2 aliphatic rings. The third-order valence-electron chi connectivity index (χ3n) is 6.33. The summed E-state index contributed by atoms with van der Waals surface area (Å²) < 4.78 is 23.0. The molecule has 1 spiro atoms. The Morgan fingerprint density at radius 3 is 2.97 bits per heavy atom. The molecule has 1 aliphatic carbocycles. The molecule has 4 aromatic rings. The largest absolute Gasteiger partial charge is 0.479 e. The third kappa shape index (κ3) is 2.80. The van der Waals surface area contributed by atoms with Crippen molar-refractivity contribution in [3.63, 3.8) is 0 Å². The van der Waals surface area contributed by atoms with E-state index in [1.54, 1.807) is 30.1 Å². The van der Waals surface area contributed by atoms with Gasteiger partial charge in [-0.2, -0.15) is 4.98 Å². The van der Waals surface area contributed by atoms with E-state index in [-0.39, 0.29) is 6.04 Å². The first kappa shape index (κ1) is 16.6. The lowest BCUT2D eigenvalue weighted by atomic mass is 9.71. The van der Waals surface area contributed by atoms with E-state index < -0.39 is 0 Å². The average molecular weight is 406 g/mol. The third-order valence-corrected chi connectivity index (χ3v) is 6.33. The van der Waals surface area contributed by atoms with E-state index in [9.17, 15) is 0 Å². The number of nitrogens with zero attached hydrogens (tertiary/aromatic N) is 6. The highest BCUT2D eigenvalue weighted by Crippen LogP contribution is 2.42. The molecule has 6 rings (SSSR count). The van der Waals surface area contributed by atoms with Crippen LogP contribution in [0.3, 0.4) is 0 Å². The molecule has 9 heteroatoms. The molecule has 1 aliphatic heterocycles. The zero-order valence-electron chi connectivity index (χ0n) is 17.7. The van der Waals surface area contributed by atoms with Gasteiger partial charge in [0.1, 0.15) is 5.52 Å². The topological polar surface area (TPSA) is 94.1 Å². The number of hydrogen-bond donors (Lipinski definition) is 1. The summed E-state index contributed by atoms with van der Waals surface area (Å²) in [5.41, 5.74) is 3.21. The standard InChI is InChI=1S/C21H23N7O2/c1-29-18-17-16(14-10-23-20-22-7-9-27(20)11-14)4-8-28(17)26-19(25-18)24-15-2-5-21(6-3-15)12-30-13-21/h4,7-11,15H,2-3,5-6,12-13H2,1H3,(H,24,26)/i8D. The number of rotatable bonds is 3. The Morgan fingerprint density at radius 1 is 1.33 bits per heavy atom. The van der Waals surface area contributed by atoms with Gasteiger partial charge in [0, 0.05) is 47.5 Å². The lowest BCUT2D eigenvalue weighted by Crippen LogP contribution is -2.45. The Kier molecular flexibility index (Phi) is 3.68. The predicted octanol–water partition coefficient (Wildman–Crippen LogP) is 2.24. The van der Waals surface area contributed by atoms with Gasteiger partial charge >= 0.3 is 0 Å². The van der Waals surface area contributed by atoms with E-state index in [0.29, 0.717) is 34.4 Å². The summed E-state index contributed by atoms with van der Waals surface area (Å²) in [7, 11) is 1.59. The molecule has 1 saturated heterocycles. The average Bonchev–Trinajstić information content (AvgIpc) is 3.37. The van der Waals surface area contributed by atoms with Crippen molar-refractivity contribution in [2.45, 2.75) is 31.7 Å². The van der Waals surface area contributed by atoms with Crippen LogP contribution in [0.2, 0.25) is 0 Å². The number of aromatic amines is 1. The van der Waals surface area contributed by atoms with Gasteiger partial charge in [-0.25, -0.2) is 15.0 Å². The summed E-state index contributed by atoms with van der Waals surface area (Å²) in [4.78, 5) is 18.0. The van der Waals surface area contributed by atoms with Crippen LogP contribution in [0.1, 0.15) is 27.1 Å². The second-order valence-electron chi connectivity index (χ2n) is 8.26. The Morgan fingerprint density at radius 2 is 2.20 bits per heavy atom. The van der Waals surface area contributed by atoms with Crippen molar-refractivity contribution in [1.29, 1.82) is 0 Å². The van der Waals surface area contributed by atoms with Crippen molar-refractivity contribution in [3.05, 3.63) is 42.6 Å². The molecule has 154 valence electrons. The second-order valence-corrected chi connectivity index (χ2v) is 8.26. The first-order chi connectivity index (χ1) is 15.1. The summed E-state index contributed by atoms with van der Waals surface area (Å²) >= 11 is 0. The lowest BCUT2D eigenvalue weighted by molar-refractivity contribution is -0.132. The fraction of sp³-hybridized carbons (Fsp3) is 0.429. The fourth-order valence-electron chi connectivity index (χ4n) is 4.53. The molecule has 9 nitrogen and oxygen atoms in total. The van der Waals surface area contributed by atoms with Gasteiger partial charge in [0.05, 0.1) is 27.7 Å². The first-order valence-corrected chi connectivity index (χ1v) is 10.2. The van der Waals surface area contributed by atoms with E-state index in [1.165, 1.54) is 0 Å². The number of ether oxygens (including phenoxy) is 2. The van der Waals surface area contributed by atoms with Crippen molar-refractivity contribution < 1.29 is 10.8 Å². The van der Waals surface area contributed by atoms with Crippen LogP contribution in [-0.4, -0.2) is 55.3 Å². The molecule has 0 amide bonds. The minimum Gasteiger partial charge on any atom is -0.479 e. The van der Waals surface area contributed by atoms with Gasteiger partial charge in [0.2, 0.25) is 17.3 Å². The first-order valence-electron chi connectivity index (χ1n) is 10.7. The lowest BCUT2D eigenvalue weighted by Gasteiger charge is -2.45. The summed E-state index contributed by atoms with van der Waals surface area (Å²) in [6.07, 6.45) is 11.9. The predicted molar refractivity (Wildman–Crippen MR) is 109 cm³/mol. The number of fused-ring (bicyclic) bond motifs is 2. The van der Waals surface area contributed by atoms with Gasteiger partial charge in [0.25, 0.3) is 0 Å². The van der Waals surface area contributed by atoms with Crippen LogP contribution in [0.15, 0.2) is 42.0 Å². The van der Waals surface area contributed by atoms with Crippen LogP contribution in [-0.2, 0) is 4.74 Å². The maximum Gasteiger partial charge on any atom is 0.243 e. The van der Waals surface area contributed by atoms with Crippen LogP contribution in [0.25, 0.3) is 22.4 Å². The van der Waals surface area contributed by atoms with Crippen molar-refractivity contribution in [1.82, 2.24) is 29.0 Å². The minimum atomic E-state index is 0.217. The Hall–Kier alpha value is -3.20. The second kappa shape index (κ2) is 6.66. The summed E-state index contributed by atoms with van der Waals surface area (Å²) in [6.45, 7) is 1.77. The summed E-state index contributed by atoms with van der Waals surface area (Å²) in [5, 5.41) is 3.20. The Bertz CT molecular complexity index is 1340. The van der Waals surface area contributed by atoms with Crippen molar-refractivity contribution >= 4 is 11.3 Å². The van der Waals surface area contributed by atoms with Crippen LogP contribution >= 0.6 is 0 Å². The van der Waals surface area contributed by atoms with Gasteiger partial charge in [0.15, 0.2) is 0 Å². The molecule has 0 bridgehead atoms. The molecule has 0 atom stereocenters. The fourth-order valence-corrected chi connectivity index (χ4v) is 4.53. The number of aromatic nitrogens is 6.